The van der Waals surface area contributed by atoms with Crippen LogP contribution in [0.4, 0.5) is 22.8 Å². The third-order valence-corrected chi connectivity index (χ3v) is 14.0. The largest absolute Gasteiger partial charge is 0.497 e. The summed E-state index contributed by atoms with van der Waals surface area (Å²) in [6.45, 7) is -0.195. The molecule has 64 heavy (non-hydrogen) atoms. The predicted molar refractivity (Wildman–Crippen MR) is 225 cm³/mol. The number of aromatic nitrogens is 2. The van der Waals surface area contributed by atoms with Crippen LogP contribution in [-0.4, -0.2) is 95.8 Å². The zero-order chi connectivity index (χ0) is 45.3. The highest BCUT2D eigenvalue weighted by atomic mass is 32.2. The maximum atomic E-state index is 14.3. The molecule has 4 aliphatic rings. The topological polar surface area (TPSA) is 214 Å². The minimum absolute atomic E-state index is 0.00653. The number of furan rings is 1. The number of carbonyl (C=O) groups excluding carboxylic acids is 4. The lowest BCUT2D eigenvalue weighted by atomic mass is 10.1. The summed E-state index contributed by atoms with van der Waals surface area (Å²) in [6.07, 6.45) is 4.40. The molecule has 0 radical (unpaired) electrons. The Labute approximate surface area is 366 Å². The van der Waals surface area contributed by atoms with Crippen LogP contribution in [0.25, 0.3) is 33.5 Å². The highest BCUT2D eigenvalue weighted by Crippen LogP contribution is 2.41. The number of nitrogens with two attached hydrogens (primary N) is 1. The van der Waals surface area contributed by atoms with Gasteiger partial charge in [-0.05, 0) is 94.4 Å². The van der Waals surface area contributed by atoms with Crippen molar-refractivity contribution in [3.63, 3.8) is 0 Å². The fourth-order valence-corrected chi connectivity index (χ4v) is 9.64. The van der Waals surface area contributed by atoms with E-state index in [0.717, 1.165) is 29.9 Å². The summed E-state index contributed by atoms with van der Waals surface area (Å²) in [4.78, 5) is 64.7. The number of allylic oxidation sites excluding steroid dienone is 2. The number of alkyl halides is 3. The zero-order valence-corrected chi connectivity index (χ0v) is 35.9. The van der Waals surface area contributed by atoms with Crippen LogP contribution in [0.3, 0.4) is 0 Å². The monoisotopic (exact) mass is 910 g/mol. The van der Waals surface area contributed by atoms with E-state index in [0.29, 0.717) is 80.0 Å². The van der Waals surface area contributed by atoms with Gasteiger partial charge in [0, 0.05) is 35.9 Å². The molecule has 342 valence electrons. The van der Waals surface area contributed by atoms with Gasteiger partial charge in [0.2, 0.25) is 27.4 Å². The van der Waals surface area contributed by atoms with Gasteiger partial charge in [0.25, 0.3) is 5.88 Å². The molecular weight excluding hydrogens is 862 g/mol. The Hall–Kier alpha value is -5.92. The number of sulfonamides is 1. The minimum atomic E-state index is -4.56. The molecule has 4 fully saturated rings. The summed E-state index contributed by atoms with van der Waals surface area (Å²) < 4.78 is 90.3. The van der Waals surface area contributed by atoms with Crippen molar-refractivity contribution in [1.29, 1.82) is 0 Å². The summed E-state index contributed by atoms with van der Waals surface area (Å²) in [5.74, 6) is -1.25. The Bertz CT molecular complexity index is 2560. The van der Waals surface area contributed by atoms with Gasteiger partial charge in [-0.1, -0.05) is 30.7 Å². The number of hydrogen-bond acceptors (Lipinski definition) is 12. The van der Waals surface area contributed by atoms with Gasteiger partial charge in [0.05, 0.1) is 24.5 Å². The first-order valence-corrected chi connectivity index (χ1v) is 23.1. The lowest BCUT2D eigenvalue weighted by molar-refractivity contribution is -0.137. The van der Waals surface area contributed by atoms with Crippen molar-refractivity contribution < 1.29 is 59.4 Å². The van der Waals surface area contributed by atoms with Crippen molar-refractivity contribution in [1.82, 2.24) is 24.5 Å². The Kier molecular flexibility index (Phi) is 12.8. The molecule has 3 saturated carbocycles. The number of urea groups is 1. The van der Waals surface area contributed by atoms with Crippen LogP contribution in [0.5, 0.6) is 11.6 Å². The quantitative estimate of drug-likeness (QED) is 0.0841. The lowest BCUT2D eigenvalue weighted by Gasteiger charge is -2.29. The average Bonchev–Trinajstić information content (AvgIpc) is 4.13. The third-order valence-electron chi connectivity index (χ3n) is 12.1. The molecule has 2 aromatic carbocycles. The molecule has 16 nitrogen and oxygen atoms in total. The summed E-state index contributed by atoms with van der Waals surface area (Å²) >= 11 is 0. The molecule has 0 unspecified atom stereocenters. The van der Waals surface area contributed by atoms with Crippen LogP contribution in [0.1, 0.15) is 82.6 Å². The van der Waals surface area contributed by atoms with Crippen molar-refractivity contribution in [2.45, 2.75) is 107 Å². The number of unbranched alkanes of at least 4 members (excludes halogenated alkanes) is 3. The van der Waals surface area contributed by atoms with Gasteiger partial charge in [-0.2, -0.15) is 18.2 Å². The number of hydrogen-bond donors (Lipinski definition) is 2. The van der Waals surface area contributed by atoms with Crippen molar-refractivity contribution >= 4 is 56.0 Å². The highest BCUT2D eigenvalue weighted by Gasteiger charge is 2.46. The molecule has 3 aliphatic carbocycles. The van der Waals surface area contributed by atoms with Gasteiger partial charge in [0.1, 0.15) is 35.1 Å². The Morgan fingerprint density at radius 3 is 2.42 bits per heavy atom. The third kappa shape index (κ3) is 10.1. The van der Waals surface area contributed by atoms with Crippen molar-refractivity contribution in [2.24, 2.45) is 17.6 Å². The number of methoxy groups -OCH3 is 1. The number of fused-ring (bicyclic) bond motifs is 3. The predicted octanol–water partition coefficient (Wildman–Crippen LogP) is 7.24. The first-order chi connectivity index (χ1) is 30.6. The molecule has 4 aromatic rings. The summed E-state index contributed by atoms with van der Waals surface area (Å²) in [7, 11) is -2.10. The van der Waals surface area contributed by atoms with Gasteiger partial charge in [-0.15, -0.1) is 0 Å². The summed E-state index contributed by atoms with van der Waals surface area (Å²) in [5.41, 5.74) is 6.02. The molecule has 3 heterocycles. The van der Waals surface area contributed by atoms with E-state index in [4.69, 9.17) is 24.4 Å². The zero-order valence-electron chi connectivity index (χ0n) is 35.1. The smallest absolute Gasteiger partial charge is 0.418 e. The molecule has 20 heteroatoms. The van der Waals surface area contributed by atoms with Crippen LogP contribution >= 0.6 is 0 Å². The summed E-state index contributed by atoms with van der Waals surface area (Å²) in [6, 6.07) is 7.39. The molecule has 2 aromatic heterocycles. The van der Waals surface area contributed by atoms with Gasteiger partial charge in [-0.25, -0.2) is 27.9 Å². The number of ether oxygens (including phenoxy) is 3. The second kappa shape index (κ2) is 18.3. The van der Waals surface area contributed by atoms with Gasteiger partial charge < -0.3 is 29.3 Å². The van der Waals surface area contributed by atoms with Crippen LogP contribution in [0.2, 0.25) is 0 Å². The van der Waals surface area contributed by atoms with Crippen LogP contribution < -0.4 is 19.9 Å². The standard InChI is InChI=1S/C44H49F3N6O10S/c1-60-29-16-19-32-35(23-29)63-37-36(32)49-39(25-12-14-27(15-13-25)44(45,46)47)50-41(37)61-30-22-34(38(48)54)53(24-30)42(56)52(43(57)62-28-10-6-7-11-28)20-8-4-2-3-5-9-26-21-33(26)40(55)51-64(58,59)31-17-18-31/h5,9,12-16,19,23,26,28,30-31,33-34H,2-4,6-8,10-11,17-18,20-22,24H2,1H3,(H2,48,54)(H,51,55)/b9-5-/t26-,30-,33+,34+/m1/s1. The Balaban J connectivity index is 0.954. The molecular formula is C44H49F3N6O10S. The van der Waals surface area contributed by atoms with Crippen LogP contribution in [-0.2, 0) is 30.5 Å². The van der Waals surface area contributed by atoms with Gasteiger partial charge in [0.15, 0.2) is 5.82 Å². The van der Waals surface area contributed by atoms with E-state index in [1.807, 2.05) is 12.2 Å². The van der Waals surface area contributed by atoms with Crippen molar-refractivity contribution in [3.05, 3.63) is 60.2 Å². The SMILES string of the molecule is COc1ccc2c(c1)oc1c(O[C@@H]3C[C@@H](C(N)=O)N(C(=O)N(CCCCC/C=C\[C@@H]4C[C@@H]4C(=O)NS(=O)(=O)C4CC4)C(=O)OC4CCCC4)C3)nc(-c3ccc(C(F)(F)F)cc3)nc12. The number of carbonyl (C=O) groups is 4. The van der Waals surface area contributed by atoms with E-state index in [1.165, 1.54) is 24.1 Å². The minimum Gasteiger partial charge on any atom is -0.497 e. The van der Waals surface area contributed by atoms with Crippen LogP contribution in [0, 0.1) is 11.8 Å². The van der Waals surface area contributed by atoms with E-state index in [9.17, 15) is 40.8 Å². The normalized spacial score (nSPS) is 21.4. The maximum absolute atomic E-state index is 14.3. The Morgan fingerprint density at radius 1 is 0.984 bits per heavy atom. The lowest BCUT2D eigenvalue weighted by Crippen LogP contribution is -2.52. The number of likely N-dealkylation sites (tertiary alicyclic amines) is 1. The molecule has 8 rings (SSSR count). The number of imide groups is 1. The average molecular weight is 911 g/mol. The maximum Gasteiger partial charge on any atom is 0.418 e. The second-order valence-corrected chi connectivity index (χ2v) is 18.8. The number of amides is 5. The van der Waals surface area contributed by atoms with Crippen molar-refractivity contribution in [3.8, 4) is 23.0 Å². The van der Waals surface area contributed by atoms with E-state index < -0.39 is 63.1 Å². The molecule has 3 N–H and O–H groups in total. The molecule has 4 atom stereocenters. The number of benzene rings is 2. The second-order valence-electron chi connectivity index (χ2n) is 16.8. The van der Waals surface area contributed by atoms with Crippen molar-refractivity contribution in [2.75, 3.05) is 20.2 Å². The summed E-state index contributed by atoms with van der Waals surface area (Å²) in [5, 5.41) is 0.0753. The first kappa shape index (κ1) is 44.7. The number of halogens is 3. The van der Waals surface area contributed by atoms with E-state index in [-0.39, 0.29) is 60.3 Å². The van der Waals surface area contributed by atoms with E-state index in [2.05, 4.69) is 14.7 Å². The van der Waals surface area contributed by atoms with E-state index >= 15 is 0 Å². The molecule has 0 spiro atoms. The van der Waals surface area contributed by atoms with Gasteiger partial charge in [-0.3, -0.25) is 14.3 Å². The first-order valence-electron chi connectivity index (χ1n) is 21.5. The Morgan fingerprint density at radius 2 is 1.73 bits per heavy atom. The molecule has 1 aliphatic heterocycles. The molecule has 5 amide bonds. The molecule has 1 saturated heterocycles. The molecule has 0 bridgehead atoms. The highest BCUT2D eigenvalue weighted by molar-refractivity contribution is 7.90. The number of nitrogens with zero attached hydrogens (tertiary/aromatic N) is 4. The number of primary amides is 1. The fraction of sp³-hybridized carbons (Fsp3) is 0.500. The number of nitrogens with one attached hydrogen (secondary N) is 1. The van der Waals surface area contributed by atoms with Gasteiger partial charge >= 0.3 is 18.3 Å². The van der Waals surface area contributed by atoms with E-state index in [1.54, 1.807) is 18.2 Å². The number of rotatable bonds is 16. The fourth-order valence-electron chi connectivity index (χ4n) is 8.28. The van der Waals surface area contributed by atoms with Crippen LogP contribution in [0.15, 0.2) is 59.0 Å².